The minimum atomic E-state index is 0.365. The number of methoxy groups -OCH3 is 1. The number of nitrogens with one attached hydrogen (secondary N) is 1. The van der Waals surface area contributed by atoms with Gasteiger partial charge in [0, 0.05) is 17.7 Å². The van der Waals surface area contributed by atoms with Gasteiger partial charge < -0.3 is 4.74 Å². The molecule has 0 atom stereocenters. The van der Waals surface area contributed by atoms with Gasteiger partial charge in [0.1, 0.15) is 17.4 Å². The number of ether oxygens (including phenoxy) is 1. The van der Waals surface area contributed by atoms with Crippen LogP contribution in [0, 0.1) is 18.3 Å². The predicted octanol–water partition coefficient (Wildman–Crippen LogP) is 4.59. The summed E-state index contributed by atoms with van der Waals surface area (Å²) in [5, 5.41) is 17.2. The minimum Gasteiger partial charge on any atom is -0.496 e. The van der Waals surface area contributed by atoms with Gasteiger partial charge in [-0.1, -0.05) is 35.9 Å². The summed E-state index contributed by atoms with van der Waals surface area (Å²) < 4.78 is 5.32. The van der Waals surface area contributed by atoms with Gasteiger partial charge in [0.2, 0.25) is 0 Å². The number of nitrogens with zero attached hydrogens (tertiary/aromatic N) is 3. The molecule has 3 rings (SSSR count). The summed E-state index contributed by atoms with van der Waals surface area (Å²) in [5.74, 6) is 1.15. The molecule has 2 aromatic carbocycles. The Hall–Kier alpha value is -3.10. The van der Waals surface area contributed by atoms with Crippen molar-refractivity contribution in [2.75, 3.05) is 7.11 Å². The van der Waals surface area contributed by atoms with E-state index in [-0.39, 0.29) is 0 Å². The fraction of sp³-hybridized carbons (Fsp3) is 0.150. The zero-order chi connectivity index (χ0) is 18.5. The smallest absolute Gasteiger partial charge is 0.191 e. The molecule has 0 aliphatic heterocycles. The lowest BCUT2D eigenvalue weighted by molar-refractivity contribution is 0.411. The standard InChI is InChI=1S/C20H17ClN4O/c1-13-6-7-15(10-19(13)26-2)12-23-20-17(11-22)18(24-25-20)9-14-4-3-5-16(21)8-14/h3-8,10,12H,9H2,1-2H3,(H,24,25). The van der Waals surface area contributed by atoms with Crippen molar-refractivity contribution in [3.8, 4) is 11.8 Å². The van der Waals surface area contributed by atoms with Crippen molar-refractivity contribution in [1.29, 1.82) is 5.26 Å². The Bertz CT molecular complexity index is 1000. The minimum absolute atomic E-state index is 0.365. The maximum atomic E-state index is 9.51. The monoisotopic (exact) mass is 364 g/mol. The maximum Gasteiger partial charge on any atom is 0.191 e. The van der Waals surface area contributed by atoms with Crippen molar-refractivity contribution in [2.45, 2.75) is 13.3 Å². The second-order valence-electron chi connectivity index (χ2n) is 5.81. The molecule has 26 heavy (non-hydrogen) atoms. The molecular formula is C20H17ClN4O. The first kappa shape index (κ1) is 17.7. The van der Waals surface area contributed by atoms with Gasteiger partial charge in [-0.05, 0) is 41.8 Å². The Labute approximate surface area is 156 Å². The zero-order valence-electron chi connectivity index (χ0n) is 14.5. The first-order valence-electron chi connectivity index (χ1n) is 8.01. The molecule has 0 saturated heterocycles. The molecule has 6 heteroatoms. The molecule has 0 fully saturated rings. The summed E-state index contributed by atoms with van der Waals surface area (Å²) in [6.07, 6.45) is 2.20. The molecule has 0 bridgehead atoms. The first-order valence-corrected chi connectivity index (χ1v) is 8.39. The van der Waals surface area contributed by atoms with Crippen LogP contribution >= 0.6 is 11.6 Å². The lowest BCUT2D eigenvalue weighted by Crippen LogP contribution is -1.91. The van der Waals surface area contributed by atoms with Gasteiger partial charge in [0.15, 0.2) is 5.82 Å². The van der Waals surface area contributed by atoms with E-state index in [1.54, 1.807) is 13.3 Å². The number of hydrogen-bond acceptors (Lipinski definition) is 4. The van der Waals surface area contributed by atoms with Crippen LogP contribution in [0.25, 0.3) is 0 Å². The summed E-state index contributed by atoms with van der Waals surface area (Å²) >= 11 is 6.02. The summed E-state index contributed by atoms with van der Waals surface area (Å²) in [4.78, 5) is 4.36. The highest BCUT2D eigenvalue weighted by molar-refractivity contribution is 6.30. The molecule has 0 spiro atoms. The molecule has 3 aromatic rings. The van der Waals surface area contributed by atoms with Crippen LogP contribution in [0.2, 0.25) is 5.02 Å². The van der Waals surface area contributed by atoms with Crippen molar-refractivity contribution in [2.24, 2.45) is 4.99 Å². The second-order valence-corrected chi connectivity index (χ2v) is 6.24. The summed E-state index contributed by atoms with van der Waals surface area (Å²) in [5.41, 5.74) is 4.06. The zero-order valence-corrected chi connectivity index (χ0v) is 15.2. The maximum absolute atomic E-state index is 9.51. The Morgan fingerprint density at radius 2 is 2.15 bits per heavy atom. The first-order chi connectivity index (χ1) is 12.6. The van der Waals surface area contributed by atoms with E-state index in [0.29, 0.717) is 28.5 Å². The van der Waals surface area contributed by atoms with Crippen molar-refractivity contribution >= 4 is 23.6 Å². The number of aliphatic imine (C=N–C) groups is 1. The van der Waals surface area contributed by atoms with Crippen LogP contribution in [0.4, 0.5) is 5.82 Å². The highest BCUT2D eigenvalue weighted by Crippen LogP contribution is 2.23. The van der Waals surface area contributed by atoms with Gasteiger partial charge in [-0.2, -0.15) is 10.4 Å². The summed E-state index contributed by atoms with van der Waals surface area (Å²) in [6.45, 7) is 1.98. The largest absolute Gasteiger partial charge is 0.496 e. The van der Waals surface area contributed by atoms with E-state index in [0.717, 1.165) is 22.4 Å². The number of aromatic amines is 1. The lowest BCUT2D eigenvalue weighted by atomic mass is 10.1. The number of nitriles is 1. The van der Waals surface area contributed by atoms with E-state index in [4.69, 9.17) is 16.3 Å². The molecule has 0 aliphatic rings. The molecule has 1 N–H and O–H groups in total. The predicted molar refractivity (Wildman–Crippen MR) is 103 cm³/mol. The van der Waals surface area contributed by atoms with Crippen LogP contribution < -0.4 is 4.74 Å². The average molecular weight is 365 g/mol. The number of aromatic nitrogens is 2. The van der Waals surface area contributed by atoms with E-state index >= 15 is 0 Å². The molecule has 0 radical (unpaired) electrons. The van der Waals surface area contributed by atoms with Crippen LogP contribution in [0.15, 0.2) is 47.5 Å². The lowest BCUT2D eigenvalue weighted by Gasteiger charge is -2.04. The fourth-order valence-corrected chi connectivity index (χ4v) is 2.82. The van der Waals surface area contributed by atoms with Gasteiger partial charge in [0.25, 0.3) is 0 Å². The highest BCUT2D eigenvalue weighted by atomic mass is 35.5. The van der Waals surface area contributed by atoms with Crippen LogP contribution in [0.3, 0.4) is 0 Å². The van der Waals surface area contributed by atoms with E-state index in [9.17, 15) is 5.26 Å². The second kappa shape index (κ2) is 7.85. The molecule has 5 nitrogen and oxygen atoms in total. The Morgan fingerprint density at radius 1 is 1.31 bits per heavy atom. The number of H-pyrrole nitrogens is 1. The van der Waals surface area contributed by atoms with Crippen LogP contribution in [0.1, 0.15) is 27.9 Å². The topological polar surface area (TPSA) is 74.1 Å². The van der Waals surface area contributed by atoms with Crippen molar-refractivity contribution in [3.05, 3.63) is 75.4 Å². The van der Waals surface area contributed by atoms with Gasteiger partial charge in [0.05, 0.1) is 12.8 Å². The third-order valence-corrected chi connectivity index (χ3v) is 4.21. The molecule has 1 heterocycles. The number of rotatable bonds is 5. The number of halogens is 1. The third kappa shape index (κ3) is 3.93. The van der Waals surface area contributed by atoms with Crippen molar-refractivity contribution < 1.29 is 4.74 Å². The molecule has 130 valence electrons. The van der Waals surface area contributed by atoms with E-state index in [1.807, 2.05) is 49.4 Å². The summed E-state index contributed by atoms with van der Waals surface area (Å²) in [6, 6.07) is 15.5. The van der Waals surface area contributed by atoms with Gasteiger partial charge in [-0.15, -0.1) is 0 Å². The average Bonchev–Trinajstić information content (AvgIpc) is 3.02. The Morgan fingerprint density at radius 3 is 2.88 bits per heavy atom. The van der Waals surface area contributed by atoms with Crippen LogP contribution in [-0.4, -0.2) is 23.5 Å². The highest BCUT2D eigenvalue weighted by Gasteiger charge is 2.12. The summed E-state index contributed by atoms with van der Waals surface area (Å²) in [7, 11) is 1.63. The Kier molecular flexibility index (Phi) is 5.35. The molecule has 0 saturated carbocycles. The number of aryl methyl sites for hydroxylation is 1. The Balaban J connectivity index is 1.85. The van der Waals surface area contributed by atoms with Gasteiger partial charge >= 0.3 is 0 Å². The fourth-order valence-electron chi connectivity index (χ4n) is 2.61. The molecule has 0 unspecified atom stereocenters. The normalized spacial score (nSPS) is 10.8. The quantitative estimate of drug-likeness (QED) is 0.672. The molecule has 0 amide bonds. The van der Waals surface area contributed by atoms with Crippen LogP contribution in [-0.2, 0) is 6.42 Å². The van der Waals surface area contributed by atoms with Crippen LogP contribution in [0.5, 0.6) is 5.75 Å². The molecular weight excluding hydrogens is 348 g/mol. The number of benzene rings is 2. The SMILES string of the molecule is COc1cc(C=Nc2n[nH]c(Cc3cccc(Cl)c3)c2C#N)ccc1C. The van der Waals surface area contributed by atoms with Gasteiger partial charge in [-0.3, -0.25) is 5.10 Å². The van der Waals surface area contributed by atoms with Gasteiger partial charge in [-0.25, -0.2) is 4.99 Å². The molecule has 0 aliphatic carbocycles. The van der Waals surface area contributed by atoms with E-state index in [2.05, 4.69) is 21.3 Å². The van der Waals surface area contributed by atoms with E-state index in [1.165, 1.54) is 0 Å². The third-order valence-electron chi connectivity index (χ3n) is 3.97. The molecule has 1 aromatic heterocycles. The number of hydrogen-bond donors (Lipinski definition) is 1. The van der Waals surface area contributed by atoms with Crippen molar-refractivity contribution in [3.63, 3.8) is 0 Å². The van der Waals surface area contributed by atoms with Crippen molar-refractivity contribution in [1.82, 2.24) is 10.2 Å². The van der Waals surface area contributed by atoms with E-state index < -0.39 is 0 Å².